The van der Waals surface area contributed by atoms with Gasteiger partial charge in [0.25, 0.3) is 0 Å². The Morgan fingerprint density at radius 1 is 1.06 bits per heavy atom. The van der Waals surface area contributed by atoms with Gasteiger partial charge in [-0.2, -0.15) is 0 Å². The van der Waals surface area contributed by atoms with Gasteiger partial charge in [-0.1, -0.05) is 36.4 Å². The first-order valence-electron chi connectivity index (χ1n) is 5.69. The lowest BCUT2D eigenvalue weighted by molar-refractivity contribution is 0.161. The molecule has 0 bridgehead atoms. The summed E-state index contributed by atoms with van der Waals surface area (Å²) in [6.45, 7) is 0.423. The molecule has 2 N–H and O–H groups in total. The number of hydroxylamine groups is 1. The third-order valence-electron chi connectivity index (χ3n) is 2.81. The van der Waals surface area contributed by atoms with Crippen molar-refractivity contribution in [3.63, 3.8) is 0 Å². The number of fused-ring (bicyclic) bond motifs is 1. The van der Waals surface area contributed by atoms with Crippen molar-refractivity contribution in [3.05, 3.63) is 54.1 Å². The van der Waals surface area contributed by atoms with Gasteiger partial charge in [-0.15, -0.1) is 11.3 Å². The van der Waals surface area contributed by atoms with Gasteiger partial charge in [0.05, 0.1) is 10.2 Å². The largest absolute Gasteiger partial charge is 0.316 e. The van der Waals surface area contributed by atoms with E-state index in [-0.39, 0.29) is 0 Å². The van der Waals surface area contributed by atoms with E-state index < -0.39 is 0 Å². The van der Waals surface area contributed by atoms with Crippen LogP contribution in [-0.2, 0) is 6.54 Å². The fraction of sp³-hybridized carbons (Fsp3) is 0.0714. The second-order valence-corrected chi connectivity index (χ2v) is 5.01. The molecule has 1 aromatic heterocycles. The Bertz CT molecular complexity index is 645. The molecule has 3 nitrogen and oxygen atoms in total. The van der Waals surface area contributed by atoms with Crippen LogP contribution in [0.15, 0.2) is 48.5 Å². The highest BCUT2D eigenvalue weighted by Gasteiger charge is 2.09. The van der Waals surface area contributed by atoms with E-state index >= 15 is 0 Å². The molecular weight excluding hydrogens is 244 g/mol. The molecular formula is C14H12N2OS. The standard InChI is InChI=1S/C14H12N2OS/c17-15-9-10-5-1-2-6-11(10)14-16-12-7-3-4-8-13(12)18-14/h1-8,15,17H,9H2. The van der Waals surface area contributed by atoms with Crippen LogP contribution in [-0.4, -0.2) is 10.2 Å². The molecule has 0 aliphatic heterocycles. The molecule has 90 valence electrons. The van der Waals surface area contributed by atoms with Gasteiger partial charge in [-0.3, -0.25) is 0 Å². The summed E-state index contributed by atoms with van der Waals surface area (Å²) in [5.74, 6) is 0. The lowest BCUT2D eigenvalue weighted by Gasteiger charge is -2.04. The number of nitrogens with one attached hydrogen (secondary N) is 1. The van der Waals surface area contributed by atoms with Gasteiger partial charge in [-0.05, 0) is 17.7 Å². The summed E-state index contributed by atoms with van der Waals surface area (Å²) < 4.78 is 1.18. The number of aromatic nitrogens is 1. The second-order valence-electron chi connectivity index (χ2n) is 3.98. The first-order chi connectivity index (χ1) is 8.88. The quantitative estimate of drug-likeness (QED) is 0.706. The Kier molecular flexibility index (Phi) is 3.06. The maximum absolute atomic E-state index is 8.86. The highest BCUT2D eigenvalue weighted by molar-refractivity contribution is 7.21. The van der Waals surface area contributed by atoms with Crippen molar-refractivity contribution < 1.29 is 5.21 Å². The van der Waals surface area contributed by atoms with Gasteiger partial charge in [-0.25, -0.2) is 10.5 Å². The lowest BCUT2D eigenvalue weighted by Crippen LogP contribution is -2.07. The van der Waals surface area contributed by atoms with E-state index in [4.69, 9.17) is 5.21 Å². The maximum atomic E-state index is 8.86. The molecule has 18 heavy (non-hydrogen) atoms. The molecule has 0 aliphatic carbocycles. The molecule has 0 aliphatic rings. The fourth-order valence-electron chi connectivity index (χ4n) is 1.96. The van der Waals surface area contributed by atoms with Crippen LogP contribution in [0.25, 0.3) is 20.8 Å². The van der Waals surface area contributed by atoms with Crippen LogP contribution >= 0.6 is 11.3 Å². The Balaban J connectivity index is 2.13. The maximum Gasteiger partial charge on any atom is 0.124 e. The highest BCUT2D eigenvalue weighted by Crippen LogP contribution is 2.31. The van der Waals surface area contributed by atoms with Crippen LogP contribution in [0.3, 0.4) is 0 Å². The van der Waals surface area contributed by atoms with Crippen molar-refractivity contribution in [1.29, 1.82) is 0 Å². The summed E-state index contributed by atoms with van der Waals surface area (Å²) in [5, 5.41) is 9.85. The summed E-state index contributed by atoms with van der Waals surface area (Å²) in [6, 6.07) is 16.1. The van der Waals surface area contributed by atoms with Gasteiger partial charge in [0.1, 0.15) is 5.01 Å². The number of hydrogen-bond donors (Lipinski definition) is 2. The van der Waals surface area contributed by atoms with Crippen molar-refractivity contribution in [2.45, 2.75) is 6.54 Å². The molecule has 0 radical (unpaired) electrons. The van der Waals surface area contributed by atoms with Crippen LogP contribution in [0.1, 0.15) is 5.56 Å². The van der Waals surface area contributed by atoms with Crippen molar-refractivity contribution in [3.8, 4) is 10.6 Å². The van der Waals surface area contributed by atoms with Crippen molar-refractivity contribution >= 4 is 21.6 Å². The molecule has 0 spiro atoms. The summed E-state index contributed by atoms with van der Waals surface area (Å²) >= 11 is 1.67. The molecule has 0 saturated carbocycles. The topological polar surface area (TPSA) is 45.1 Å². The van der Waals surface area contributed by atoms with Crippen LogP contribution < -0.4 is 5.48 Å². The normalized spacial score (nSPS) is 10.9. The minimum absolute atomic E-state index is 0.423. The third-order valence-corrected chi connectivity index (χ3v) is 3.88. The zero-order chi connectivity index (χ0) is 12.4. The van der Waals surface area contributed by atoms with Crippen molar-refractivity contribution in [2.24, 2.45) is 0 Å². The van der Waals surface area contributed by atoms with Crippen LogP contribution in [0.5, 0.6) is 0 Å². The minimum Gasteiger partial charge on any atom is -0.316 e. The van der Waals surface area contributed by atoms with E-state index in [0.29, 0.717) is 6.54 Å². The molecule has 0 unspecified atom stereocenters. The number of hydrogen-bond acceptors (Lipinski definition) is 4. The van der Waals surface area contributed by atoms with E-state index in [1.807, 2.05) is 42.5 Å². The summed E-state index contributed by atoms with van der Waals surface area (Å²) in [6.07, 6.45) is 0. The second kappa shape index (κ2) is 4.86. The monoisotopic (exact) mass is 256 g/mol. The number of rotatable bonds is 3. The zero-order valence-electron chi connectivity index (χ0n) is 9.63. The molecule has 3 rings (SSSR count). The molecule has 1 heterocycles. The van der Waals surface area contributed by atoms with E-state index in [9.17, 15) is 0 Å². The van der Waals surface area contributed by atoms with Gasteiger partial charge in [0.2, 0.25) is 0 Å². The first kappa shape index (κ1) is 11.3. The van der Waals surface area contributed by atoms with E-state index in [1.54, 1.807) is 11.3 Å². The van der Waals surface area contributed by atoms with Gasteiger partial charge >= 0.3 is 0 Å². The summed E-state index contributed by atoms with van der Waals surface area (Å²) in [7, 11) is 0. The molecule has 4 heteroatoms. The average Bonchev–Trinajstić information content (AvgIpc) is 2.83. The number of benzene rings is 2. The van der Waals surface area contributed by atoms with Crippen molar-refractivity contribution in [2.75, 3.05) is 0 Å². The molecule has 0 saturated heterocycles. The molecule has 0 atom stereocenters. The third kappa shape index (κ3) is 2.01. The minimum atomic E-state index is 0.423. The number of para-hydroxylation sites is 1. The molecule has 0 fully saturated rings. The Morgan fingerprint density at radius 3 is 2.67 bits per heavy atom. The number of nitrogens with zero attached hydrogens (tertiary/aromatic N) is 1. The predicted octanol–water partition coefficient (Wildman–Crippen LogP) is 3.44. The summed E-state index contributed by atoms with van der Waals surface area (Å²) in [5.41, 5.74) is 5.33. The Hall–Kier alpha value is -1.75. The highest BCUT2D eigenvalue weighted by atomic mass is 32.1. The summed E-state index contributed by atoms with van der Waals surface area (Å²) in [4.78, 5) is 4.63. The van der Waals surface area contributed by atoms with Crippen LogP contribution in [0.2, 0.25) is 0 Å². The molecule has 0 amide bonds. The number of thiazole rings is 1. The average molecular weight is 256 g/mol. The van der Waals surface area contributed by atoms with Gasteiger partial charge in [0, 0.05) is 12.1 Å². The predicted molar refractivity (Wildman–Crippen MR) is 73.7 cm³/mol. The molecule has 2 aromatic carbocycles. The van der Waals surface area contributed by atoms with E-state index in [0.717, 1.165) is 21.7 Å². The van der Waals surface area contributed by atoms with E-state index in [2.05, 4.69) is 16.5 Å². The van der Waals surface area contributed by atoms with Crippen LogP contribution in [0.4, 0.5) is 0 Å². The van der Waals surface area contributed by atoms with Gasteiger partial charge < -0.3 is 5.21 Å². The Labute approximate surface area is 109 Å². The first-order valence-corrected chi connectivity index (χ1v) is 6.51. The Morgan fingerprint density at radius 2 is 1.83 bits per heavy atom. The lowest BCUT2D eigenvalue weighted by atomic mass is 10.1. The van der Waals surface area contributed by atoms with Crippen molar-refractivity contribution in [1.82, 2.24) is 10.5 Å². The van der Waals surface area contributed by atoms with E-state index in [1.165, 1.54) is 4.70 Å². The fourth-order valence-corrected chi connectivity index (χ4v) is 2.98. The zero-order valence-corrected chi connectivity index (χ0v) is 10.4. The van der Waals surface area contributed by atoms with Crippen LogP contribution in [0, 0.1) is 0 Å². The molecule has 3 aromatic rings. The smallest absolute Gasteiger partial charge is 0.124 e. The van der Waals surface area contributed by atoms with Gasteiger partial charge in [0.15, 0.2) is 0 Å². The SMILES string of the molecule is ONCc1ccccc1-c1nc2ccccc2s1.